The molecule has 1 atom stereocenters. The van der Waals surface area contributed by atoms with Crippen molar-refractivity contribution in [2.24, 2.45) is 16.9 Å². The molecule has 2 N–H and O–H groups in total. The summed E-state index contributed by atoms with van der Waals surface area (Å²) >= 11 is 3.40. The van der Waals surface area contributed by atoms with Gasteiger partial charge in [0.2, 0.25) is 5.91 Å². The molecular formula is C21H25BrFN3O3. The lowest BCUT2D eigenvalue weighted by atomic mass is 9.73. The van der Waals surface area contributed by atoms with Gasteiger partial charge in [-0.2, -0.15) is 5.10 Å². The Labute approximate surface area is 177 Å². The van der Waals surface area contributed by atoms with E-state index in [2.05, 4.69) is 38.7 Å². The van der Waals surface area contributed by atoms with Crippen LogP contribution in [0.4, 0.5) is 9.18 Å². The number of hydrazone groups is 1. The van der Waals surface area contributed by atoms with E-state index in [1.54, 1.807) is 6.07 Å². The number of hydrogen-bond acceptors (Lipinski definition) is 4. The standard InChI is InChI=1S/C21H25BrFN3O3/c1-12(24-19(27)14-2-3-14)10-13-6-8-21(9-7-13)18(25-26-20(28)29-21)16-5-4-15(23)11-17(16)22/h4-5,11-14H,2-3,6-10H2,1H3,(H,24,27)(H,26,28)/t12-,13?,21?/m0/s1. The van der Waals surface area contributed by atoms with Crippen molar-refractivity contribution in [3.63, 3.8) is 0 Å². The van der Waals surface area contributed by atoms with Crippen molar-refractivity contribution in [3.05, 3.63) is 34.1 Å². The largest absolute Gasteiger partial charge is 0.435 e. The van der Waals surface area contributed by atoms with E-state index in [0.717, 1.165) is 37.7 Å². The lowest BCUT2D eigenvalue weighted by Crippen LogP contribution is -2.52. The first-order valence-electron chi connectivity index (χ1n) is 10.2. The van der Waals surface area contributed by atoms with Gasteiger partial charge in [0.25, 0.3) is 0 Å². The highest BCUT2D eigenvalue weighted by Gasteiger charge is 2.47. The van der Waals surface area contributed by atoms with Gasteiger partial charge in [-0.3, -0.25) is 4.79 Å². The summed E-state index contributed by atoms with van der Waals surface area (Å²) in [6, 6.07) is 4.56. The van der Waals surface area contributed by atoms with E-state index in [0.29, 0.717) is 28.9 Å². The second kappa shape index (κ2) is 8.05. The molecule has 2 amide bonds. The molecule has 0 saturated heterocycles. The summed E-state index contributed by atoms with van der Waals surface area (Å²) in [5.74, 6) is 0.491. The zero-order valence-electron chi connectivity index (χ0n) is 16.3. The minimum Gasteiger partial charge on any atom is -0.435 e. The molecule has 0 unspecified atom stereocenters. The summed E-state index contributed by atoms with van der Waals surface area (Å²) in [5.41, 5.74) is 2.92. The van der Waals surface area contributed by atoms with Crippen molar-refractivity contribution >= 4 is 33.6 Å². The molecule has 1 spiro atoms. The average Bonchev–Trinajstić information content (AvgIpc) is 3.50. The number of ether oxygens (including phenoxy) is 1. The first-order chi connectivity index (χ1) is 13.9. The third-order valence-corrected chi connectivity index (χ3v) is 6.76. The molecule has 0 aromatic heterocycles. The molecule has 0 radical (unpaired) electrons. The fraction of sp³-hybridized carbons (Fsp3) is 0.571. The normalized spacial score (nSPS) is 27.6. The van der Waals surface area contributed by atoms with E-state index in [4.69, 9.17) is 4.74 Å². The van der Waals surface area contributed by atoms with Gasteiger partial charge < -0.3 is 10.1 Å². The molecular weight excluding hydrogens is 441 g/mol. The fourth-order valence-corrected chi connectivity index (χ4v) is 4.96. The maximum Gasteiger partial charge on any atom is 0.428 e. The quantitative estimate of drug-likeness (QED) is 0.681. The molecule has 0 bridgehead atoms. The number of halogens is 2. The van der Waals surface area contributed by atoms with E-state index in [9.17, 15) is 14.0 Å². The number of hydrogen-bond donors (Lipinski definition) is 2. The topological polar surface area (TPSA) is 79.8 Å². The van der Waals surface area contributed by atoms with Gasteiger partial charge >= 0.3 is 6.09 Å². The lowest BCUT2D eigenvalue weighted by Gasteiger charge is -2.42. The Hall–Kier alpha value is -1.96. The van der Waals surface area contributed by atoms with Crippen molar-refractivity contribution in [3.8, 4) is 0 Å². The maximum atomic E-state index is 13.5. The Morgan fingerprint density at radius 1 is 1.38 bits per heavy atom. The summed E-state index contributed by atoms with van der Waals surface area (Å²) in [5, 5.41) is 7.40. The van der Waals surface area contributed by atoms with E-state index in [-0.39, 0.29) is 23.7 Å². The minimum absolute atomic E-state index is 0.136. The number of benzene rings is 1. The van der Waals surface area contributed by atoms with Crippen LogP contribution in [0.25, 0.3) is 0 Å². The Kier molecular flexibility index (Phi) is 5.64. The summed E-state index contributed by atoms with van der Waals surface area (Å²) in [6.07, 6.45) is 5.40. The molecule has 2 fully saturated rings. The van der Waals surface area contributed by atoms with E-state index in [1.807, 2.05) is 0 Å². The molecule has 3 aliphatic rings. The van der Waals surface area contributed by atoms with Gasteiger partial charge in [0, 0.05) is 22.0 Å². The number of amides is 2. The second-order valence-corrected chi connectivity index (χ2v) is 9.30. The zero-order chi connectivity index (χ0) is 20.6. The lowest BCUT2D eigenvalue weighted by molar-refractivity contribution is -0.123. The van der Waals surface area contributed by atoms with E-state index >= 15 is 0 Å². The Balaban J connectivity index is 1.44. The maximum absolute atomic E-state index is 13.5. The predicted molar refractivity (Wildman–Crippen MR) is 110 cm³/mol. The van der Waals surface area contributed by atoms with Crippen LogP contribution in [0.1, 0.15) is 57.4 Å². The Morgan fingerprint density at radius 2 is 2.10 bits per heavy atom. The summed E-state index contributed by atoms with van der Waals surface area (Å²) in [4.78, 5) is 23.9. The van der Waals surface area contributed by atoms with Crippen molar-refractivity contribution < 1.29 is 18.7 Å². The molecule has 1 heterocycles. The molecule has 2 aliphatic carbocycles. The molecule has 1 aromatic carbocycles. The van der Waals surface area contributed by atoms with Crippen LogP contribution in [0.3, 0.4) is 0 Å². The summed E-state index contributed by atoms with van der Waals surface area (Å²) < 4.78 is 19.9. The highest BCUT2D eigenvalue weighted by atomic mass is 79.9. The molecule has 29 heavy (non-hydrogen) atoms. The predicted octanol–water partition coefficient (Wildman–Crippen LogP) is 4.27. The Bertz CT molecular complexity index is 848. The third kappa shape index (κ3) is 4.47. The number of carbonyl (C=O) groups excluding carboxylic acids is 2. The van der Waals surface area contributed by atoms with Crippen LogP contribution < -0.4 is 10.7 Å². The summed E-state index contributed by atoms with van der Waals surface area (Å²) in [6.45, 7) is 2.05. The molecule has 6 nitrogen and oxygen atoms in total. The highest BCUT2D eigenvalue weighted by Crippen LogP contribution is 2.41. The summed E-state index contributed by atoms with van der Waals surface area (Å²) in [7, 11) is 0. The molecule has 156 valence electrons. The molecule has 8 heteroatoms. The zero-order valence-corrected chi connectivity index (χ0v) is 17.9. The van der Waals surface area contributed by atoms with Crippen LogP contribution in [-0.2, 0) is 9.53 Å². The molecule has 1 aromatic rings. The number of nitrogens with zero attached hydrogens (tertiary/aromatic N) is 1. The SMILES string of the molecule is C[C@@H](CC1CCC2(CC1)OC(=O)NN=C2c1ccc(F)cc1Br)NC(=O)C1CC1. The van der Waals surface area contributed by atoms with Gasteiger partial charge in [0.05, 0.1) is 0 Å². The molecule has 4 rings (SSSR count). The Morgan fingerprint density at radius 3 is 2.76 bits per heavy atom. The monoisotopic (exact) mass is 465 g/mol. The van der Waals surface area contributed by atoms with Crippen molar-refractivity contribution in [2.75, 3.05) is 0 Å². The van der Waals surface area contributed by atoms with Crippen molar-refractivity contribution in [1.29, 1.82) is 0 Å². The minimum atomic E-state index is -0.806. The smallest absolute Gasteiger partial charge is 0.428 e. The van der Waals surface area contributed by atoms with Crippen LogP contribution in [-0.4, -0.2) is 29.4 Å². The number of carbonyl (C=O) groups is 2. The van der Waals surface area contributed by atoms with Gasteiger partial charge in [-0.25, -0.2) is 14.6 Å². The molecule has 2 saturated carbocycles. The molecule has 1 aliphatic heterocycles. The van der Waals surface area contributed by atoms with Gasteiger partial charge in [-0.05, 0) is 76.0 Å². The highest BCUT2D eigenvalue weighted by molar-refractivity contribution is 9.10. The van der Waals surface area contributed by atoms with Gasteiger partial charge in [0.1, 0.15) is 11.5 Å². The average molecular weight is 466 g/mol. The van der Waals surface area contributed by atoms with Gasteiger partial charge in [-0.1, -0.05) is 15.9 Å². The van der Waals surface area contributed by atoms with Crippen LogP contribution >= 0.6 is 15.9 Å². The first kappa shape index (κ1) is 20.3. The number of rotatable bonds is 5. The third-order valence-electron chi connectivity index (χ3n) is 6.10. The van der Waals surface area contributed by atoms with E-state index < -0.39 is 11.7 Å². The van der Waals surface area contributed by atoms with Crippen LogP contribution in [0.2, 0.25) is 0 Å². The van der Waals surface area contributed by atoms with Crippen molar-refractivity contribution in [1.82, 2.24) is 10.7 Å². The van der Waals surface area contributed by atoms with Crippen LogP contribution in [0.15, 0.2) is 27.8 Å². The van der Waals surface area contributed by atoms with E-state index in [1.165, 1.54) is 12.1 Å². The van der Waals surface area contributed by atoms with Crippen LogP contribution in [0, 0.1) is 17.7 Å². The first-order valence-corrected chi connectivity index (χ1v) is 11.0. The van der Waals surface area contributed by atoms with Crippen LogP contribution in [0.5, 0.6) is 0 Å². The number of nitrogens with one attached hydrogen (secondary N) is 2. The van der Waals surface area contributed by atoms with Crippen molar-refractivity contribution in [2.45, 2.75) is 63.5 Å². The second-order valence-electron chi connectivity index (χ2n) is 8.44. The van der Waals surface area contributed by atoms with Gasteiger partial charge in [-0.15, -0.1) is 0 Å². The fourth-order valence-electron chi connectivity index (χ4n) is 4.42. The van der Waals surface area contributed by atoms with Gasteiger partial charge in [0.15, 0.2) is 5.60 Å².